The van der Waals surface area contributed by atoms with Gasteiger partial charge in [0.1, 0.15) is 23.9 Å². The number of alkyl halides is 3. The van der Waals surface area contributed by atoms with Crippen molar-refractivity contribution < 1.29 is 31.1 Å². The van der Waals surface area contributed by atoms with Crippen molar-refractivity contribution in [2.24, 2.45) is 0 Å². The van der Waals surface area contributed by atoms with Gasteiger partial charge >= 0.3 is 12.1 Å². The molecular weight excluding hydrogens is 475 g/mol. The highest BCUT2D eigenvalue weighted by Crippen LogP contribution is 2.32. The molecule has 9 nitrogen and oxygen atoms in total. The number of ether oxygens (including phenoxy) is 1. The molecule has 0 aliphatic heterocycles. The third-order valence-corrected chi connectivity index (χ3v) is 4.82. The maximum Gasteiger partial charge on any atom is 0.432 e. The summed E-state index contributed by atoms with van der Waals surface area (Å²) in [4.78, 5) is 22.2. The number of amides is 1. The minimum Gasteiger partial charge on any atom is -0.490 e. The summed E-state index contributed by atoms with van der Waals surface area (Å²) in [6, 6.07) is 7.53. The number of aromatic nitrogens is 3. The van der Waals surface area contributed by atoms with Gasteiger partial charge in [-0.2, -0.15) is 13.2 Å². The molecule has 2 aromatic heterocycles. The molecule has 0 atom stereocenters. The number of H-pyrrole nitrogens is 1. The first-order chi connectivity index (χ1) is 16.0. The molecule has 3 rings (SSSR count). The lowest BCUT2D eigenvalue weighted by molar-refractivity contribution is -0.140. The predicted molar refractivity (Wildman–Crippen MR) is 117 cm³/mol. The largest absolute Gasteiger partial charge is 0.490 e. The normalized spacial score (nSPS) is 11.4. The second kappa shape index (κ2) is 10.4. The van der Waals surface area contributed by atoms with Crippen LogP contribution in [0, 0.1) is 11.8 Å². The number of benzene rings is 1. The summed E-state index contributed by atoms with van der Waals surface area (Å²) in [5, 5.41) is 2.52. The van der Waals surface area contributed by atoms with Gasteiger partial charge in [-0.15, -0.1) is 0 Å². The Hall–Kier alpha value is -3.89. The van der Waals surface area contributed by atoms with E-state index in [2.05, 4.69) is 36.8 Å². The van der Waals surface area contributed by atoms with Crippen molar-refractivity contribution in [1.29, 1.82) is 0 Å². The highest BCUT2D eigenvalue weighted by atomic mass is 32.2. The molecule has 0 aliphatic carbocycles. The highest BCUT2D eigenvalue weighted by Gasteiger charge is 2.33. The van der Waals surface area contributed by atoms with Crippen LogP contribution in [0.5, 0.6) is 5.75 Å². The van der Waals surface area contributed by atoms with Gasteiger partial charge in [-0.05, 0) is 30.3 Å². The van der Waals surface area contributed by atoms with Crippen LogP contribution in [0.2, 0.25) is 0 Å². The number of halogens is 3. The Balaban J connectivity index is 1.84. The van der Waals surface area contributed by atoms with Crippen LogP contribution in [-0.4, -0.2) is 48.7 Å². The number of carbonyl (C=O) groups is 1. The Morgan fingerprint density at radius 1 is 1.24 bits per heavy atom. The van der Waals surface area contributed by atoms with E-state index >= 15 is 0 Å². The monoisotopic (exact) mass is 493 g/mol. The number of sulfonamides is 1. The molecule has 178 valence electrons. The van der Waals surface area contributed by atoms with Crippen LogP contribution in [-0.2, 0) is 21.0 Å². The average molecular weight is 493 g/mol. The first kappa shape index (κ1) is 24.7. The fraction of sp³-hybridized carbons (Fsp3) is 0.190. The number of imidazole rings is 1. The van der Waals surface area contributed by atoms with E-state index in [0.717, 1.165) is 6.26 Å². The van der Waals surface area contributed by atoms with Gasteiger partial charge in [0.25, 0.3) is 0 Å². The second-order valence-electron chi connectivity index (χ2n) is 6.81. The number of nitrogens with zero attached hydrogens (tertiary/aromatic N) is 2. The molecule has 2 heterocycles. The molecule has 0 saturated carbocycles. The van der Waals surface area contributed by atoms with Gasteiger partial charge in [0, 0.05) is 36.0 Å². The van der Waals surface area contributed by atoms with Crippen LogP contribution >= 0.6 is 0 Å². The lowest BCUT2D eigenvalue weighted by Gasteiger charge is -2.13. The Kier molecular flexibility index (Phi) is 7.54. The summed E-state index contributed by atoms with van der Waals surface area (Å²) in [5.74, 6) is 4.38. The fourth-order valence-corrected chi connectivity index (χ4v) is 3.07. The zero-order valence-corrected chi connectivity index (χ0v) is 18.4. The molecule has 34 heavy (non-hydrogen) atoms. The molecule has 3 aromatic rings. The molecule has 0 spiro atoms. The number of rotatable bonds is 7. The molecule has 0 fully saturated rings. The molecule has 1 aromatic carbocycles. The number of hydrogen-bond acceptors (Lipinski definition) is 6. The van der Waals surface area contributed by atoms with Crippen molar-refractivity contribution in [3.05, 3.63) is 60.2 Å². The Labute approximate surface area is 192 Å². The lowest BCUT2D eigenvalue weighted by atomic mass is 10.1. The van der Waals surface area contributed by atoms with Gasteiger partial charge in [-0.1, -0.05) is 5.92 Å². The first-order valence-electron chi connectivity index (χ1n) is 9.58. The van der Waals surface area contributed by atoms with E-state index in [4.69, 9.17) is 4.74 Å². The number of pyridine rings is 1. The molecular formula is C21H18F3N5O4S. The maximum absolute atomic E-state index is 12.9. The van der Waals surface area contributed by atoms with E-state index < -0.39 is 27.8 Å². The van der Waals surface area contributed by atoms with Crippen molar-refractivity contribution in [3.8, 4) is 29.0 Å². The first-order valence-corrected chi connectivity index (χ1v) is 11.5. The van der Waals surface area contributed by atoms with Crippen LogP contribution in [0.15, 0.2) is 48.9 Å². The third-order valence-electron chi connectivity index (χ3n) is 4.09. The Bertz CT molecular complexity index is 1330. The number of carbonyl (C=O) groups excluding carboxylic acids is 1. The minimum absolute atomic E-state index is 0.0398. The van der Waals surface area contributed by atoms with Crippen LogP contribution in [0.4, 0.5) is 18.9 Å². The fourth-order valence-electron chi connectivity index (χ4n) is 2.62. The van der Waals surface area contributed by atoms with E-state index in [1.54, 1.807) is 18.3 Å². The van der Waals surface area contributed by atoms with Crippen molar-refractivity contribution in [1.82, 2.24) is 19.7 Å². The van der Waals surface area contributed by atoms with Gasteiger partial charge in [0.2, 0.25) is 10.0 Å². The third kappa shape index (κ3) is 7.32. The SMILES string of the molecule is CS(=O)(=O)NCCOc1ccc(-c2ncc(C(F)(F)F)[nH]2)cc1NC(=O)C#Cc1cccnc1. The smallest absolute Gasteiger partial charge is 0.432 e. The zero-order valence-electron chi connectivity index (χ0n) is 17.6. The molecule has 0 unspecified atom stereocenters. The van der Waals surface area contributed by atoms with E-state index in [1.165, 1.54) is 24.4 Å². The van der Waals surface area contributed by atoms with Crippen molar-refractivity contribution >= 4 is 21.6 Å². The van der Waals surface area contributed by atoms with E-state index in [-0.39, 0.29) is 36.0 Å². The van der Waals surface area contributed by atoms with E-state index in [9.17, 15) is 26.4 Å². The average Bonchev–Trinajstić information content (AvgIpc) is 3.27. The summed E-state index contributed by atoms with van der Waals surface area (Å²) in [7, 11) is -3.42. The van der Waals surface area contributed by atoms with Gasteiger partial charge in [-0.3, -0.25) is 9.78 Å². The summed E-state index contributed by atoms with van der Waals surface area (Å²) >= 11 is 0. The lowest BCUT2D eigenvalue weighted by Crippen LogP contribution is -2.27. The maximum atomic E-state index is 12.9. The van der Waals surface area contributed by atoms with Crippen molar-refractivity contribution in [2.45, 2.75) is 6.18 Å². The zero-order chi connectivity index (χ0) is 24.8. The van der Waals surface area contributed by atoms with Gasteiger partial charge in [-0.25, -0.2) is 18.1 Å². The number of aromatic amines is 1. The van der Waals surface area contributed by atoms with Crippen LogP contribution in [0.25, 0.3) is 11.4 Å². The Morgan fingerprint density at radius 2 is 2.03 bits per heavy atom. The molecule has 13 heteroatoms. The molecule has 0 bridgehead atoms. The van der Waals surface area contributed by atoms with Crippen LogP contribution < -0.4 is 14.8 Å². The quantitative estimate of drug-likeness (QED) is 0.343. The van der Waals surface area contributed by atoms with Crippen molar-refractivity contribution in [3.63, 3.8) is 0 Å². The van der Waals surface area contributed by atoms with Crippen molar-refractivity contribution in [2.75, 3.05) is 24.7 Å². The summed E-state index contributed by atoms with van der Waals surface area (Å²) in [6.07, 6.45) is 0.0816. The molecule has 0 aliphatic rings. The standard InChI is InChI=1S/C21H18F3N5O4S/c1-34(31,32)27-9-10-33-17-6-5-15(20-26-13-18(29-20)21(22,23)24)11-16(17)28-19(30)7-4-14-3-2-8-25-12-14/h2-3,5-6,8,11-13,27H,9-10H2,1H3,(H,26,29)(H,28,30). The van der Waals surface area contributed by atoms with Crippen LogP contribution in [0.1, 0.15) is 11.3 Å². The minimum atomic E-state index is -4.60. The number of anilines is 1. The van der Waals surface area contributed by atoms with E-state index in [1.807, 2.05) is 0 Å². The summed E-state index contributed by atoms with van der Waals surface area (Å²) in [6.45, 7) is -0.114. The Morgan fingerprint density at radius 3 is 2.68 bits per heavy atom. The van der Waals surface area contributed by atoms with Crippen LogP contribution in [0.3, 0.4) is 0 Å². The topological polar surface area (TPSA) is 126 Å². The van der Waals surface area contributed by atoms with E-state index in [0.29, 0.717) is 11.8 Å². The summed E-state index contributed by atoms with van der Waals surface area (Å²) in [5.41, 5.74) is -0.174. The molecule has 3 N–H and O–H groups in total. The van der Waals surface area contributed by atoms with Gasteiger partial charge < -0.3 is 15.0 Å². The number of hydrogen-bond donors (Lipinski definition) is 3. The highest BCUT2D eigenvalue weighted by molar-refractivity contribution is 7.88. The molecule has 0 saturated heterocycles. The number of nitrogens with one attached hydrogen (secondary N) is 3. The van der Waals surface area contributed by atoms with Gasteiger partial charge in [0.05, 0.1) is 18.1 Å². The molecule has 0 radical (unpaired) electrons. The second-order valence-corrected chi connectivity index (χ2v) is 8.65. The van der Waals surface area contributed by atoms with Gasteiger partial charge in [0.15, 0.2) is 0 Å². The summed E-state index contributed by atoms with van der Waals surface area (Å²) < 4.78 is 68.9. The molecule has 1 amide bonds. The predicted octanol–water partition coefficient (Wildman–Crippen LogP) is 2.41.